The van der Waals surface area contributed by atoms with Crippen molar-refractivity contribution in [2.75, 3.05) is 0 Å². The summed E-state index contributed by atoms with van der Waals surface area (Å²) in [4.78, 5) is 4.51. The zero-order valence-corrected chi connectivity index (χ0v) is 14.8. The molecule has 0 unspecified atom stereocenters. The molecule has 4 rings (SSSR count). The standard InChI is InChI=1S/C23H21NO/c1-23(2,3)22-19-12-8-7-9-16(19)13-17-15-24-21(14-20(17)22)25-18-10-5-4-6-11-18/h4-15H,1-3H3. The quantitative estimate of drug-likeness (QED) is 0.393. The third-order valence-electron chi connectivity index (χ3n) is 4.44. The Morgan fingerprint density at radius 3 is 2.24 bits per heavy atom. The fourth-order valence-corrected chi connectivity index (χ4v) is 3.41. The van der Waals surface area contributed by atoms with E-state index in [0.29, 0.717) is 5.88 Å². The molecule has 124 valence electrons. The molecule has 0 fully saturated rings. The van der Waals surface area contributed by atoms with Gasteiger partial charge < -0.3 is 4.74 Å². The van der Waals surface area contributed by atoms with Crippen LogP contribution >= 0.6 is 0 Å². The lowest BCUT2D eigenvalue weighted by Gasteiger charge is -2.24. The van der Waals surface area contributed by atoms with Gasteiger partial charge in [0, 0.05) is 17.6 Å². The second-order valence-electron chi connectivity index (χ2n) is 7.38. The maximum absolute atomic E-state index is 5.96. The first-order valence-electron chi connectivity index (χ1n) is 8.57. The highest BCUT2D eigenvalue weighted by Crippen LogP contribution is 2.38. The van der Waals surface area contributed by atoms with Gasteiger partial charge in [-0.25, -0.2) is 4.98 Å². The van der Waals surface area contributed by atoms with Gasteiger partial charge in [-0.2, -0.15) is 0 Å². The molecular weight excluding hydrogens is 306 g/mol. The number of rotatable bonds is 2. The lowest BCUT2D eigenvalue weighted by Crippen LogP contribution is -2.12. The number of nitrogens with zero attached hydrogens (tertiary/aromatic N) is 1. The van der Waals surface area contributed by atoms with Gasteiger partial charge >= 0.3 is 0 Å². The molecular formula is C23H21NO. The van der Waals surface area contributed by atoms with Crippen molar-refractivity contribution in [2.24, 2.45) is 0 Å². The summed E-state index contributed by atoms with van der Waals surface area (Å²) in [6, 6.07) is 22.6. The summed E-state index contributed by atoms with van der Waals surface area (Å²) in [6.45, 7) is 6.77. The summed E-state index contributed by atoms with van der Waals surface area (Å²) < 4.78 is 5.96. The second kappa shape index (κ2) is 5.89. The Morgan fingerprint density at radius 1 is 0.760 bits per heavy atom. The van der Waals surface area contributed by atoms with Crippen LogP contribution in [0.2, 0.25) is 0 Å². The number of aromatic nitrogens is 1. The molecule has 0 spiro atoms. The molecule has 1 aromatic heterocycles. The summed E-state index contributed by atoms with van der Waals surface area (Å²) >= 11 is 0. The fraction of sp³-hybridized carbons (Fsp3) is 0.174. The van der Waals surface area contributed by atoms with Crippen molar-refractivity contribution in [1.82, 2.24) is 4.98 Å². The van der Waals surface area contributed by atoms with Gasteiger partial charge in [0.15, 0.2) is 0 Å². The van der Waals surface area contributed by atoms with Crippen LogP contribution in [0.3, 0.4) is 0 Å². The SMILES string of the molecule is CC(C)(C)c1c2ccccc2cc2cnc(Oc3ccccc3)cc12. The van der Waals surface area contributed by atoms with Crippen molar-refractivity contribution in [3.63, 3.8) is 0 Å². The Bertz CT molecular complexity index is 1050. The molecule has 0 aliphatic carbocycles. The molecule has 0 radical (unpaired) electrons. The highest BCUT2D eigenvalue weighted by atomic mass is 16.5. The second-order valence-corrected chi connectivity index (χ2v) is 7.38. The van der Waals surface area contributed by atoms with Crippen LogP contribution in [-0.2, 0) is 5.41 Å². The van der Waals surface area contributed by atoms with Gasteiger partial charge in [0.2, 0.25) is 5.88 Å². The first kappa shape index (κ1) is 15.6. The predicted octanol–water partition coefficient (Wildman–Crippen LogP) is 6.48. The molecule has 0 saturated carbocycles. The van der Waals surface area contributed by atoms with Crippen LogP contribution in [0.25, 0.3) is 21.5 Å². The number of benzene rings is 3. The van der Waals surface area contributed by atoms with Crippen molar-refractivity contribution in [3.05, 3.63) is 78.5 Å². The largest absolute Gasteiger partial charge is 0.439 e. The van der Waals surface area contributed by atoms with Gasteiger partial charge in [0.05, 0.1) is 0 Å². The summed E-state index contributed by atoms with van der Waals surface area (Å²) in [5.74, 6) is 1.42. The van der Waals surface area contributed by atoms with Gasteiger partial charge in [-0.3, -0.25) is 0 Å². The minimum atomic E-state index is 0.0183. The monoisotopic (exact) mass is 327 g/mol. The molecule has 2 heteroatoms. The normalized spacial score (nSPS) is 11.8. The Labute approximate surface area is 148 Å². The number of ether oxygens (including phenoxy) is 1. The number of pyridine rings is 1. The van der Waals surface area contributed by atoms with Crippen LogP contribution in [-0.4, -0.2) is 4.98 Å². The van der Waals surface area contributed by atoms with Crippen molar-refractivity contribution in [2.45, 2.75) is 26.2 Å². The maximum Gasteiger partial charge on any atom is 0.219 e. The third kappa shape index (κ3) is 2.96. The molecule has 0 saturated heterocycles. The molecule has 0 aliphatic heterocycles. The van der Waals surface area contributed by atoms with Gasteiger partial charge in [0.25, 0.3) is 0 Å². The Hall–Kier alpha value is -2.87. The third-order valence-corrected chi connectivity index (χ3v) is 4.44. The molecule has 0 aliphatic rings. The van der Waals surface area contributed by atoms with Crippen LogP contribution in [0.15, 0.2) is 72.9 Å². The van der Waals surface area contributed by atoms with Crippen molar-refractivity contribution in [3.8, 4) is 11.6 Å². The molecule has 0 amide bonds. The molecule has 0 bridgehead atoms. The highest BCUT2D eigenvalue weighted by Gasteiger charge is 2.21. The average molecular weight is 327 g/mol. The summed E-state index contributed by atoms with van der Waals surface area (Å²) in [6.07, 6.45) is 1.91. The van der Waals surface area contributed by atoms with E-state index in [0.717, 1.165) is 11.1 Å². The number of hydrogen-bond donors (Lipinski definition) is 0. The van der Waals surface area contributed by atoms with Crippen molar-refractivity contribution < 1.29 is 4.74 Å². The minimum Gasteiger partial charge on any atom is -0.439 e. The first-order chi connectivity index (χ1) is 12.0. The molecule has 0 N–H and O–H groups in total. The van der Waals surface area contributed by atoms with E-state index in [-0.39, 0.29) is 5.41 Å². The topological polar surface area (TPSA) is 22.1 Å². The number of para-hydroxylation sites is 1. The van der Waals surface area contributed by atoms with E-state index in [2.05, 4.69) is 62.2 Å². The first-order valence-corrected chi connectivity index (χ1v) is 8.57. The molecule has 0 atom stereocenters. The van der Waals surface area contributed by atoms with Gasteiger partial charge in [-0.05, 0) is 45.3 Å². The summed E-state index contributed by atoms with van der Waals surface area (Å²) in [5, 5.41) is 4.88. The van der Waals surface area contributed by atoms with E-state index in [1.807, 2.05) is 36.5 Å². The molecule has 4 aromatic rings. The van der Waals surface area contributed by atoms with E-state index < -0.39 is 0 Å². The Morgan fingerprint density at radius 2 is 1.48 bits per heavy atom. The highest BCUT2D eigenvalue weighted by molar-refractivity contribution is 6.03. The van der Waals surface area contributed by atoms with Crippen LogP contribution in [0.1, 0.15) is 26.3 Å². The van der Waals surface area contributed by atoms with Crippen molar-refractivity contribution >= 4 is 21.5 Å². The maximum atomic E-state index is 5.96. The molecule has 3 aromatic carbocycles. The van der Waals surface area contributed by atoms with Crippen molar-refractivity contribution in [1.29, 1.82) is 0 Å². The van der Waals surface area contributed by atoms with Crippen LogP contribution < -0.4 is 4.74 Å². The van der Waals surface area contributed by atoms with E-state index in [9.17, 15) is 0 Å². The zero-order chi connectivity index (χ0) is 17.4. The van der Waals surface area contributed by atoms with E-state index in [1.54, 1.807) is 0 Å². The van der Waals surface area contributed by atoms with Crippen LogP contribution in [0.4, 0.5) is 0 Å². The van der Waals surface area contributed by atoms with Gasteiger partial charge in [-0.1, -0.05) is 63.2 Å². The smallest absolute Gasteiger partial charge is 0.219 e. The average Bonchev–Trinajstić information content (AvgIpc) is 2.59. The van der Waals surface area contributed by atoms with Crippen LogP contribution in [0.5, 0.6) is 11.6 Å². The van der Waals surface area contributed by atoms with Gasteiger partial charge in [0.1, 0.15) is 5.75 Å². The zero-order valence-electron chi connectivity index (χ0n) is 14.8. The summed E-state index contributed by atoms with van der Waals surface area (Å²) in [7, 11) is 0. The van der Waals surface area contributed by atoms with Crippen LogP contribution in [0, 0.1) is 0 Å². The minimum absolute atomic E-state index is 0.0183. The van der Waals surface area contributed by atoms with E-state index >= 15 is 0 Å². The van der Waals surface area contributed by atoms with E-state index in [1.165, 1.54) is 21.7 Å². The lowest BCUT2D eigenvalue weighted by molar-refractivity contribution is 0.464. The predicted molar refractivity (Wildman–Crippen MR) is 104 cm³/mol. The molecule has 1 heterocycles. The molecule has 2 nitrogen and oxygen atoms in total. The summed E-state index contributed by atoms with van der Waals surface area (Å²) in [5.41, 5.74) is 1.35. The number of fused-ring (bicyclic) bond motifs is 2. The Kier molecular flexibility index (Phi) is 3.69. The Balaban J connectivity index is 1.95. The van der Waals surface area contributed by atoms with Gasteiger partial charge in [-0.15, -0.1) is 0 Å². The number of hydrogen-bond acceptors (Lipinski definition) is 2. The fourth-order valence-electron chi connectivity index (χ4n) is 3.41. The van der Waals surface area contributed by atoms with E-state index in [4.69, 9.17) is 4.74 Å². The molecule has 25 heavy (non-hydrogen) atoms. The lowest BCUT2D eigenvalue weighted by atomic mass is 9.80.